The molecule has 0 fully saturated rings. The molecule has 0 aliphatic rings. The van der Waals surface area contributed by atoms with E-state index in [1.807, 2.05) is 0 Å². The number of hydrogen-bond donors (Lipinski definition) is 3. The van der Waals surface area contributed by atoms with Crippen LogP contribution in [-0.2, 0) is 11.3 Å². The van der Waals surface area contributed by atoms with E-state index in [2.05, 4.69) is 29.5 Å². The second-order valence-electron chi connectivity index (χ2n) is 4.67. The fraction of sp³-hybridized carbons (Fsp3) is 0.538. The van der Waals surface area contributed by atoms with Gasteiger partial charge in [-0.2, -0.15) is 0 Å². The first-order valence-electron chi connectivity index (χ1n) is 6.40. The van der Waals surface area contributed by atoms with Gasteiger partial charge in [0.2, 0.25) is 5.91 Å². The van der Waals surface area contributed by atoms with Crippen LogP contribution in [0.3, 0.4) is 0 Å². The highest BCUT2D eigenvalue weighted by Crippen LogP contribution is 1.98. The molecule has 0 saturated carbocycles. The maximum absolute atomic E-state index is 11.5. The van der Waals surface area contributed by atoms with E-state index >= 15 is 0 Å². The summed E-state index contributed by atoms with van der Waals surface area (Å²) in [6.45, 7) is 5.42. The van der Waals surface area contributed by atoms with E-state index in [4.69, 9.17) is 10.2 Å². The monoisotopic (exact) mass is 266 g/mol. The molecule has 106 valence electrons. The summed E-state index contributed by atoms with van der Waals surface area (Å²) in [7, 11) is 0. The van der Waals surface area contributed by atoms with Gasteiger partial charge in [-0.3, -0.25) is 4.79 Å². The third-order valence-electron chi connectivity index (χ3n) is 2.46. The van der Waals surface area contributed by atoms with Crippen LogP contribution in [0.1, 0.15) is 26.0 Å². The Labute approximate surface area is 113 Å². The van der Waals surface area contributed by atoms with E-state index in [1.54, 1.807) is 18.4 Å². The van der Waals surface area contributed by atoms with Crippen molar-refractivity contribution in [2.75, 3.05) is 13.1 Å². The van der Waals surface area contributed by atoms with Crippen molar-refractivity contribution in [3.8, 4) is 0 Å². The van der Waals surface area contributed by atoms with Crippen LogP contribution in [0.25, 0.3) is 0 Å². The predicted octanol–water partition coefficient (Wildman–Crippen LogP) is 0.846. The molecule has 4 N–H and O–H groups in total. The first-order chi connectivity index (χ1) is 9.08. The number of furan rings is 1. The van der Waals surface area contributed by atoms with Gasteiger partial charge in [-0.1, -0.05) is 13.8 Å². The fourth-order valence-electron chi connectivity index (χ4n) is 1.36. The minimum Gasteiger partial charge on any atom is -0.467 e. The largest absolute Gasteiger partial charge is 0.467 e. The molecule has 1 heterocycles. The van der Waals surface area contributed by atoms with Crippen LogP contribution in [0.2, 0.25) is 0 Å². The number of nitrogens with two attached hydrogens (primary N) is 1. The number of hydrogen-bond acceptors (Lipinski definition) is 3. The smallest absolute Gasteiger partial charge is 0.242 e. The van der Waals surface area contributed by atoms with Gasteiger partial charge in [-0.25, -0.2) is 4.99 Å². The molecule has 0 aliphatic heterocycles. The van der Waals surface area contributed by atoms with Crippen molar-refractivity contribution in [3.05, 3.63) is 24.2 Å². The quantitative estimate of drug-likeness (QED) is 0.504. The highest BCUT2D eigenvalue weighted by molar-refractivity contribution is 5.83. The van der Waals surface area contributed by atoms with Crippen LogP contribution >= 0.6 is 0 Å². The van der Waals surface area contributed by atoms with Crippen molar-refractivity contribution in [3.63, 3.8) is 0 Å². The molecule has 0 saturated heterocycles. The Morgan fingerprint density at radius 1 is 1.47 bits per heavy atom. The van der Waals surface area contributed by atoms with E-state index in [0.717, 1.165) is 13.0 Å². The molecule has 0 aliphatic carbocycles. The van der Waals surface area contributed by atoms with Gasteiger partial charge in [0, 0.05) is 6.54 Å². The zero-order valence-corrected chi connectivity index (χ0v) is 11.5. The average molecular weight is 266 g/mol. The normalized spacial score (nSPS) is 11.6. The molecule has 0 bridgehead atoms. The fourth-order valence-corrected chi connectivity index (χ4v) is 1.36. The lowest BCUT2D eigenvalue weighted by Gasteiger charge is -2.07. The van der Waals surface area contributed by atoms with Crippen molar-refractivity contribution in [1.29, 1.82) is 0 Å². The van der Waals surface area contributed by atoms with Gasteiger partial charge in [-0.15, -0.1) is 0 Å². The molecule has 1 rings (SSSR count). The summed E-state index contributed by atoms with van der Waals surface area (Å²) in [5.74, 6) is 1.43. The number of carbonyl (C=O) groups excluding carboxylic acids is 1. The molecule has 0 radical (unpaired) electrons. The maximum atomic E-state index is 11.5. The Kier molecular flexibility index (Phi) is 6.49. The lowest BCUT2D eigenvalue weighted by molar-refractivity contribution is -0.119. The Morgan fingerprint density at radius 3 is 2.89 bits per heavy atom. The van der Waals surface area contributed by atoms with Crippen molar-refractivity contribution < 1.29 is 9.21 Å². The number of rotatable bonds is 7. The zero-order chi connectivity index (χ0) is 14.1. The summed E-state index contributed by atoms with van der Waals surface area (Å²) in [6.07, 6.45) is 2.58. The lowest BCUT2D eigenvalue weighted by Crippen LogP contribution is -2.34. The number of guanidine groups is 1. The topological polar surface area (TPSA) is 92.6 Å². The second-order valence-corrected chi connectivity index (χ2v) is 4.67. The molecular formula is C13H22N4O2. The van der Waals surface area contributed by atoms with Crippen LogP contribution in [0.4, 0.5) is 0 Å². The van der Waals surface area contributed by atoms with Crippen LogP contribution in [-0.4, -0.2) is 25.0 Å². The molecule has 6 nitrogen and oxygen atoms in total. The Morgan fingerprint density at radius 2 is 2.26 bits per heavy atom. The molecule has 19 heavy (non-hydrogen) atoms. The van der Waals surface area contributed by atoms with Gasteiger partial charge in [-0.05, 0) is 24.5 Å². The zero-order valence-electron chi connectivity index (χ0n) is 11.5. The Hall–Kier alpha value is -1.98. The SMILES string of the molecule is CC(C)CCNC(N)=NCC(=O)NCc1ccco1. The third kappa shape index (κ3) is 7.13. The number of aliphatic imine (C=N–C) groups is 1. The first-order valence-corrected chi connectivity index (χ1v) is 6.40. The van der Waals surface area contributed by atoms with Crippen molar-refractivity contribution in [1.82, 2.24) is 10.6 Å². The highest BCUT2D eigenvalue weighted by atomic mass is 16.3. The second kappa shape index (κ2) is 8.18. The molecule has 0 spiro atoms. The van der Waals surface area contributed by atoms with Crippen LogP contribution in [0.5, 0.6) is 0 Å². The first kappa shape index (κ1) is 15.1. The average Bonchev–Trinajstić information content (AvgIpc) is 2.86. The Balaban J connectivity index is 2.17. The van der Waals surface area contributed by atoms with E-state index in [-0.39, 0.29) is 12.5 Å². The van der Waals surface area contributed by atoms with E-state index < -0.39 is 0 Å². The van der Waals surface area contributed by atoms with Crippen LogP contribution in [0, 0.1) is 5.92 Å². The third-order valence-corrected chi connectivity index (χ3v) is 2.46. The number of amides is 1. The summed E-state index contributed by atoms with van der Waals surface area (Å²) < 4.78 is 5.10. The summed E-state index contributed by atoms with van der Waals surface area (Å²) in [6, 6.07) is 3.57. The minimum absolute atomic E-state index is 0.0151. The van der Waals surface area contributed by atoms with Gasteiger partial charge in [0.25, 0.3) is 0 Å². The van der Waals surface area contributed by atoms with Gasteiger partial charge in [0.15, 0.2) is 5.96 Å². The van der Waals surface area contributed by atoms with Crippen LogP contribution in [0.15, 0.2) is 27.8 Å². The Bertz CT molecular complexity index is 399. The summed E-state index contributed by atoms with van der Waals surface area (Å²) >= 11 is 0. The minimum atomic E-state index is -0.190. The summed E-state index contributed by atoms with van der Waals surface area (Å²) in [5.41, 5.74) is 5.64. The predicted molar refractivity (Wildman–Crippen MR) is 74.5 cm³/mol. The van der Waals surface area contributed by atoms with Gasteiger partial charge in [0.05, 0.1) is 12.8 Å². The van der Waals surface area contributed by atoms with Crippen molar-refractivity contribution in [2.24, 2.45) is 16.6 Å². The molecule has 0 aromatic carbocycles. The molecule has 0 atom stereocenters. The van der Waals surface area contributed by atoms with Gasteiger partial charge < -0.3 is 20.8 Å². The van der Waals surface area contributed by atoms with E-state index in [0.29, 0.717) is 24.2 Å². The summed E-state index contributed by atoms with van der Waals surface area (Å²) in [4.78, 5) is 15.4. The maximum Gasteiger partial charge on any atom is 0.242 e. The molecule has 1 amide bonds. The standard InChI is InChI=1S/C13H22N4O2/c1-10(2)5-6-15-13(14)17-9-12(18)16-8-11-4-3-7-19-11/h3-4,7,10H,5-6,8-9H2,1-2H3,(H,16,18)(H3,14,15,17). The lowest BCUT2D eigenvalue weighted by atomic mass is 10.1. The summed E-state index contributed by atoms with van der Waals surface area (Å²) in [5, 5.41) is 5.66. The van der Waals surface area contributed by atoms with Gasteiger partial charge >= 0.3 is 0 Å². The van der Waals surface area contributed by atoms with Gasteiger partial charge in [0.1, 0.15) is 12.3 Å². The molecule has 1 aromatic heterocycles. The number of carbonyl (C=O) groups is 1. The van der Waals surface area contributed by atoms with Crippen molar-refractivity contribution >= 4 is 11.9 Å². The highest BCUT2D eigenvalue weighted by Gasteiger charge is 2.02. The van der Waals surface area contributed by atoms with E-state index in [1.165, 1.54) is 0 Å². The number of nitrogens with zero attached hydrogens (tertiary/aromatic N) is 1. The molecule has 6 heteroatoms. The van der Waals surface area contributed by atoms with E-state index in [9.17, 15) is 4.79 Å². The van der Waals surface area contributed by atoms with Crippen LogP contribution < -0.4 is 16.4 Å². The molecule has 1 aromatic rings. The molecule has 0 unspecified atom stereocenters. The molecular weight excluding hydrogens is 244 g/mol. The number of nitrogens with one attached hydrogen (secondary N) is 2. The van der Waals surface area contributed by atoms with Crippen molar-refractivity contribution in [2.45, 2.75) is 26.8 Å².